The lowest BCUT2D eigenvalue weighted by Gasteiger charge is -2.23. The zero-order valence-electron chi connectivity index (χ0n) is 13.2. The van der Waals surface area contributed by atoms with Crippen molar-refractivity contribution in [2.24, 2.45) is 7.05 Å². The molecular weight excluding hydrogens is 264 g/mol. The van der Waals surface area contributed by atoms with Crippen LogP contribution in [0.2, 0.25) is 0 Å². The predicted molar refractivity (Wildman–Crippen MR) is 82.8 cm³/mol. The van der Waals surface area contributed by atoms with E-state index in [9.17, 15) is 0 Å². The van der Waals surface area contributed by atoms with E-state index in [1.54, 1.807) is 11.0 Å². The largest absolute Gasteiger partial charge is 0.370 e. The summed E-state index contributed by atoms with van der Waals surface area (Å²) < 4.78 is 7.73. The molecule has 2 aromatic rings. The molecule has 114 valence electrons. The maximum Gasteiger partial charge on any atom is 0.167 e. The molecule has 21 heavy (non-hydrogen) atoms. The van der Waals surface area contributed by atoms with Crippen LogP contribution in [0.5, 0.6) is 0 Å². The number of aryl methyl sites for hydroxylation is 1. The molecule has 0 saturated heterocycles. The van der Waals surface area contributed by atoms with Gasteiger partial charge in [-0.05, 0) is 26.3 Å². The lowest BCUT2D eigenvalue weighted by molar-refractivity contribution is 0.00578. The van der Waals surface area contributed by atoms with Crippen LogP contribution in [0.25, 0.3) is 0 Å². The van der Waals surface area contributed by atoms with Crippen molar-refractivity contribution in [1.82, 2.24) is 20.1 Å². The summed E-state index contributed by atoms with van der Waals surface area (Å²) in [6.45, 7) is 6.90. The molecule has 2 rings (SSSR count). The van der Waals surface area contributed by atoms with E-state index in [4.69, 9.17) is 4.74 Å². The van der Waals surface area contributed by atoms with Crippen LogP contribution >= 0.6 is 0 Å². The van der Waals surface area contributed by atoms with Gasteiger partial charge in [0.1, 0.15) is 6.33 Å². The first kappa shape index (κ1) is 15.7. The minimum atomic E-state index is 0.0253. The molecule has 5 nitrogen and oxygen atoms in total. The number of ether oxygens (including phenoxy) is 1. The van der Waals surface area contributed by atoms with Gasteiger partial charge in [-0.25, -0.2) is 4.98 Å². The first-order valence-corrected chi connectivity index (χ1v) is 7.35. The zero-order valence-corrected chi connectivity index (χ0v) is 13.2. The molecule has 1 heterocycles. The summed E-state index contributed by atoms with van der Waals surface area (Å²) in [5.74, 6) is 0.800. The average molecular weight is 288 g/mol. The Morgan fingerprint density at radius 1 is 1.19 bits per heavy atom. The van der Waals surface area contributed by atoms with E-state index >= 15 is 0 Å². The van der Waals surface area contributed by atoms with Crippen molar-refractivity contribution in [3.8, 4) is 0 Å². The third-order valence-electron chi connectivity index (χ3n) is 3.22. The fraction of sp³-hybridized carbons (Fsp3) is 0.500. The first-order valence-electron chi connectivity index (χ1n) is 7.35. The van der Waals surface area contributed by atoms with Crippen molar-refractivity contribution < 1.29 is 4.74 Å². The van der Waals surface area contributed by atoms with Gasteiger partial charge in [0.05, 0.1) is 18.2 Å². The van der Waals surface area contributed by atoms with E-state index in [0.29, 0.717) is 0 Å². The van der Waals surface area contributed by atoms with Crippen LogP contribution in [0, 0.1) is 0 Å². The Labute approximate surface area is 126 Å². The Bertz CT molecular complexity index is 538. The Morgan fingerprint density at radius 2 is 1.90 bits per heavy atom. The summed E-state index contributed by atoms with van der Waals surface area (Å²) in [7, 11) is 1.87. The Kier molecular flexibility index (Phi) is 5.47. The lowest BCUT2D eigenvalue weighted by Crippen LogP contribution is -2.28. The van der Waals surface area contributed by atoms with Gasteiger partial charge >= 0.3 is 0 Å². The van der Waals surface area contributed by atoms with Gasteiger partial charge in [-0.15, -0.1) is 0 Å². The second-order valence-electron chi connectivity index (χ2n) is 5.49. The van der Waals surface area contributed by atoms with Crippen LogP contribution < -0.4 is 5.32 Å². The highest BCUT2D eigenvalue weighted by molar-refractivity contribution is 5.18. The summed E-state index contributed by atoms with van der Waals surface area (Å²) in [5, 5.41) is 7.78. The minimum Gasteiger partial charge on any atom is -0.370 e. The maximum absolute atomic E-state index is 6.02. The van der Waals surface area contributed by atoms with Crippen molar-refractivity contribution in [3.05, 3.63) is 48.0 Å². The van der Waals surface area contributed by atoms with Crippen molar-refractivity contribution in [3.63, 3.8) is 0 Å². The number of rotatable bonds is 7. The molecule has 2 atom stereocenters. The number of hydrogen-bond donors (Lipinski definition) is 1. The molecule has 5 heteroatoms. The molecule has 1 aromatic heterocycles. The molecule has 0 bridgehead atoms. The number of benzene rings is 1. The minimum absolute atomic E-state index is 0.0253. The van der Waals surface area contributed by atoms with Gasteiger partial charge in [0.25, 0.3) is 0 Å². The third-order valence-corrected chi connectivity index (χ3v) is 3.22. The monoisotopic (exact) mass is 288 g/mol. The SMILES string of the molecule is CC(C)O[C@H](CN[C@@H](C)c1ncn(C)n1)c1ccccc1. The summed E-state index contributed by atoms with van der Waals surface area (Å²) in [5.41, 5.74) is 1.18. The van der Waals surface area contributed by atoms with Crippen LogP contribution in [-0.2, 0) is 11.8 Å². The van der Waals surface area contributed by atoms with Crippen LogP contribution in [0.1, 0.15) is 44.3 Å². The van der Waals surface area contributed by atoms with Gasteiger partial charge in [-0.2, -0.15) is 5.10 Å². The molecule has 0 aliphatic rings. The Hall–Kier alpha value is -1.72. The summed E-state index contributed by atoms with van der Waals surface area (Å²) >= 11 is 0. The quantitative estimate of drug-likeness (QED) is 0.851. The Morgan fingerprint density at radius 3 is 2.48 bits per heavy atom. The predicted octanol–water partition coefficient (Wildman–Crippen LogP) is 2.63. The maximum atomic E-state index is 6.02. The molecule has 0 unspecified atom stereocenters. The lowest BCUT2D eigenvalue weighted by atomic mass is 10.1. The van der Waals surface area contributed by atoms with Crippen LogP contribution in [0.15, 0.2) is 36.7 Å². The normalized spacial score (nSPS) is 14.3. The molecule has 0 aliphatic carbocycles. The summed E-state index contributed by atoms with van der Waals surface area (Å²) in [6, 6.07) is 10.4. The fourth-order valence-corrected chi connectivity index (χ4v) is 2.17. The van der Waals surface area contributed by atoms with Gasteiger partial charge < -0.3 is 10.1 Å². The number of hydrogen-bond acceptors (Lipinski definition) is 4. The second-order valence-corrected chi connectivity index (χ2v) is 5.49. The molecule has 0 radical (unpaired) electrons. The molecular formula is C16H24N4O. The van der Waals surface area contributed by atoms with E-state index in [1.807, 2.05) is 25.2 Å². The van der Waals surface area contributed by atoms with Gasteiger partial charge in [0.2, 0.25) is 0 Å². The van der Waals surface area contributed by atoms with E-state index in [1.165, 1.54) is 5.56 Å². The van der Waals surface area contributed by atoms with Gasteiger partial charge in [0, 0.05) is 13.6 Å². The van der Waals surface area contributed by atoms with Crippen molar-refractivity contribution >= 4 is 0 Å². The number of nitrogens with zero attached hydrogens (tertiary/aromatic N) is 3. The molecule has 0 aliphatic heterocycles. The van der Waals surface area contributed by atoms with E-state index in [-0.39, 0.29) is 18.2 Å². The van der Waals surface area contributed by atoms with Gasteiger partial charge in [0.15, 0.2) is 5.82 Å². The van der Waals surface area contributed by atoms with E-state index in [2.05, 4.69) is 48.3 Å². The molecule has 0 saturated carbocycles. The van der Waals surface area contributed by atoms with Gasteiger partial charge in [-0.3, -0.25) is 4.68 Å². The van der Waals surface area contributed by atoms with Crippen molar-refractivity contribution in [2.45, 2.75) is 39.0 Å². The van der Waals surface area contributed by atoms with E-state index < -0.39 is 0 Å². The molecule has 0 fully saturated rings. The molecule has 0 spiro atoms. The standard InChI is InChI=1S/C16H24N4O/c1-12(2)21-15(14-8-6-5-7-9-14)10-17-13(3)16-18-11-20(4)19-16/h5-9,11-13,15,17H,10H2,1-4H3/t13-,15+/m0/s1. The van der Waals surface area contributed by atoms with Crippen molar-refractivity contribution in [1.29, 1.82) is 0 Å². The van der Waals surface area contributed by atoms with Crippen LogP contribution in [0.3, 0.4) is 0 Å². The second kappa shape index (κ2) is 7.33. The highest BCUT2D eigenvalue weighted by Gasteiger charge is 2.16. The fourth-order valence-electron chi connectivity index (χ4n) is 2.17. The topological polar surface area (TPSA) is 52.0 Å². The Balaban J connectivity index is 1.99. The first-order chi connectivity index (χ1) is 10.1. The van der Waals surface area contributed by atoms with Gasteiger partial charge in [-0.1, -0.05) is 30.3 Å². The highest BCUT2D eigenvalue weighted by Crippen LogP contribution is 2.19. The summed E-state index contributed by atoms with van der Waals surface area (Å²) in [4.78, 5) is 4.28. The zero-order chi connectivity index (χ0) is 15.2. The van der Waals surface area contributed by atoms with E-state index in [0.717, 1.165) is 12.4 Å². The number of nitrogens with one attached hydrogen (secondary N) is 1. The average Bonchev–Trinajstić information content (AvgIpc) is 2.90. The molecule has 1 aromatic carbocycles. The van der Waals surface area contributed by atoms with Crippen molar-refractivity contribution in [2.75, 3.05) is 6.54 Å². The summed E-state index contributed by atoms with van der Waals surface area (Å²) in [6.07, 6.45) is 1.92. The molecule has 1 N–H and O–H groups in total. The number of aromatic nitrogens is 3. The smallest absolute Gasteiger partial charge is 0.167 e. The van der Waals surface area contributed by atoms with Crippen LogP contribution in [0.4, 0.5) is 0 Å². The van der Waals surface area contributed by atoms with Crippen LogP contribution in [-0.4, -0.2) is 27.4 Å². The molecule has 0 amide bonds. The highest BCUT2D eigenvalue weighted by atomic mass is 16.5. The third kappa shape index (κ3) is 4.65.